The van der Waals surface area contributed by atoms with E-state index < -0.39 is 34.1 Å². The molecule has 0 bridgehead atoms. The van der Waals surface area contributed by atoms with Crippen LogP contribution in [0.15, 0.2) is 18.2 Å². The number of hydrogen-bond acceptors (Lipinski definition) is 4. The molecule has 1 aromatic rings. The number of anilines is 1. The number of nitrogens with two attached hydrogens (primary N) is 1. The second-order valence-electron chi connectivity index (χ2n) is 3.20. The summed E-state index contributed by atoms with van der Waals surface area (Å²) in [6.07, 6.45) is 0. The lowest BCUT2D eigenvalue weighted by atomic mass is 10.2. The maximum absolute atomic E-state index is 13.4. The molecule has 1 aromatic carbocycles. The van der Waals surface area contributed by atoms with Gasteiger partial charge < -0.3 is 10.8 Å². The first-order chi connectivity index (χ1) is 7.85. The average Bonchev–Trinajstić information content (AvgIpc) is 2.20. The van der Waals surface area contributed by atoms with Crippen LogP contribution in [-0.2, 0) is 10.0 Å². The number of nitrogens with one attached hydrogen (secondary N) is 1. The number of sulfonamides is 1. The van der Waals surface area contributed by atoms with Crippen LogP contribution < -0.4 is 10.5 Å². The van der Waals surface area contributed by atoms with Crippen molar-refractivity contribution in [3.8, 4) is 0 Å². The molecule has 1 amide bonds. The van der Waals surface area contributed by atoms with E-state index in [-0.39, 0.29) is 11.3 Å². The van der Waals surface area contributed by atoms with Gasteiger partial charge in [-0.3, -0.25) is 9.52 Å². The third-order valence-electron chi connectivity index (χ3n) is 1.88. The highest BCUT2D eigenvalue weighted by atomic mass is 32.2. The predicted octanol–water partition coefficient (Wildman–Crippen LogP) is -0.341. The fraction of sp³-hybridized carbons (Fsp3) is 0.222. The molecular weight excluding hydrogens is 251 g/mol. The number of carbonyl (C=O) groups excluding carboxylic acids is 1. The summed E-state index contributed by atoms with van der Waals surface area (Å²) in [6.45, 7) is -0.573. The van der Waals surface area contributed by atoms with Gasteiger partial charge in [0.05, 0.1) is 18.0 Å². The zero-order valence-corrected chi connectivity index (χ0v) is 9.50. The normalized spacial score (nSPS) is 11.2. The summed E-state index contributed by atoms with van der Waals surface area (Å²) in [5, 5.41) is 8.49. The monoisotopic (exact) mass is 262 g/mol. The van der Waals surface area contributed by atoms with Gasteiger partial charge in [0.2, 0.25) is 15.9 Å². The lowest BCUT2D eigenvalue weighted by Crippen LogP contribution is -2.20. The number of carbonyl (C=O) groups is 1. The number of benzene rings is 1. The van der Waals surface area contributed by atoms with E-state index in [1.165, 1.54) is 6.07 Å². The summed E-state index contributed by atoms with van der Waals surface area (Å²) in [5.74, 6) is -2.26. The van der Waals surface area contributed by atoms with Crippen molar-refractivity contribution in [1.82, 2.24) is 0 Å². The van der Waals surface area contributed by atoms with Crippen LogP contribution in [-0.4, -0.2) is 31.8 Å². The van der Waals surface area contributed by atoms with Gasteiger partial charge in [0.15, 0.2) is 0 Å². The molecule has 0 unspecified atom stereocenters. The molecule has 1 rings (SSSR count). The van der Waals surface area contributed by atoms with E-state index in [4.69, 9.17) is 10.8 Å². The molecular formula is C9H11FN2O4S. The number of halogens is 1. The maximum Gasteiger partial charge on any atom is 0.248 e. The van der Waals surface area contributed by atoms with Gasteiger partial charge in [-0.1, -0.05) is 0 Å². The minimum Gasteiger partial charge on any atom is -0.395 e. The second kappa shape index (κ2) is 5.11. The van der Waals surface area contributed by atoms with Gasteiger partial charge in [0.1, 0.15) is 5.82 Å². The van der Waals surface area contributed by atoms with Gasteiger partial charge in [0, 0.05) is 5.56 Å². The molecule has 0 fully saturated rings. The molecule has 4 N–H and O–H groups in total. The first kappa shape index (κ1) is 13.4. The van der Waals surface area contributed by atoms with Crippen LogP contribution in [0.4, 0.5) is 10.1 Å². The third-order valence-corrected chi connectivity index (χ3v) is 3.13. The van der Waals surface area contributed by atoms with Crippen LogP contribution in [0.3, 0.4) is 0 Å². The van der Waals surface area contributed by atoms with Crippen molar-refractivity contribution in [2.45, 2.75) is 0 Å². The Hall–Kier alpha value is -1.67. The number of primary amides is 1. The Kier molecular flexibility index (Phi) is 4.02. The molecule has 0 spiro atoms. The lowest BCUT2D eigenvalue weighted by molar-refractivity contribution is 0.1000. The number of aliphatic hydroxyl groups excluding tert-OH is 1. The Balaban J connectivity index is 2.98. The Morgan fingerprint density at radius 1 is 1.47 bits per heavy atom. The molecule has 0 aliphatic heterocycles. The molecule has 0 radical (unpaired) electrons. The summed E-state index contributed by atoms with van der Waals surface area (Å²) < 4.78 is 37.8. The first-order valence-corrected chi connectivity index (χ1v) is 6.21. The fourth-order valence-electron chi connectivity index (χ4n) is 1.09. The summed E-state index contributed by atoms with van der Waals surface area (Å²) in [6, 6.07) is 3.12. The van der Waals surface area contributed by atoms with Gasteiger partial charge in [-0.15, -0.1) is 0 Å². The molecule has 94 valence electrons. The van der Waals surface area contributed by atoms with E-state index in [0.29, 0.717) is 0 Å². The zero-order chi connectivity index (χ0) is 13.1. The summed E-state index contributed by atoms with van der Waals surface area (Å²) in [7, 11) is -3.80. The highest BCUT2D eigenvalue weighted by molar-refractivity contribution is 7.92. The van der Waals surface area contributed by atoms with E-state index in [0.717, 1.165) is 12.1 Å². The van der Waals surface area contributed by atoms with Gasteiger partial charge >= 0.3 is 0 Å². The molecule has 6 nitrogen and oxygen atoms in total. The van der Waals surface area contributed by atoms with Crippen molar-refractivity contribution in [2.24, 2.45) is 5.73 Å². The van der Waals surface area contributed by atoms with Crippen molar-refractivity contribution in [3.05, 3.63) is 29.6 Å². The Morgan fingerprint density at radius 3 is 2.59 bits per heavy atom. The van der Waals surface area contributed by atoms with Crippen LogP contribution in [0.25, 0.3) is 0 Å². The zero-order valence-electron chi connectivity index (χ0n) is 8.68. The Morgan fingerprint density at radius 2 is 2.12 bits per heavy atom. The summed E-state index contributed by atoms with van der Waals surface area (Å²) in [4.78, 5) is 10.7. The standard InChI is InChI=1S/C9H11FN2O4S/c10-7-5-6(9(11)14)1-2-8(7)12-17(15,16)4-3-13/h1-2,5,12-13H,3-4H2,(H2,11,14). The quantitative estimate of drug-likeness (QED) is 0.674. The van der Waals surface area contributed by atoms with Gasteiger partial charge in [-0.25, -0.2) is 12.8 Å². The minimum absolute atomic E-state index is 0.0624. The van der Waals surface area contributed by atoms with Crippen molar-refractivity contribution in [3.63, 3.8) is 0 Å². The van der Waals surface area contributed by atoms with Crippen molar-refractivity contribution >= 4 is 21.6 Å². The minimum atomic E-state index is -3.80. The topological polar surface area (TPSA) is 109 Å². The number of amides is 1. The fourth-order valence-corrected chi connectivity index (χ4v) is 1.93. The average molecular weight is 262 g/mol. The smallest absolute Gasteiger partial charge is 0.248 e. The van der Waals surface area contributed by atoms with Crippen LogP contribution in [0, 0.1) is 5.82 Å². The molecule has 0 saturated heterocycles. The lowest BCUT2D eigenvalue weighted by Gasteiger charge is -2.08. The van der Waals surface area contributed by atoms with Crippen LogP contribution in [0.1, 0.15) is 10.4 Å². The maximum atomic E-state index is 13.4. The van der Waals surface area contributed by atoms with E-state index in [9.17, 15) is 17.6 Å². The van der Waals surface area contributed by atoms with Gasteiger partial charge in [-0.05, 0) is 18.2 Å². The van der Waals surface area contributed by atoms with E-state index >= 15 is 0 Å². The number of rotatable bonds is 5. The molecule has 0 aliphatic rings. The third kappa shape index (κ3) is 3.68. The van der Waals surface area contributed by atoms with Gasteiger partial charge in [-0.2, -0.15) is 0 Å². The molecule has 0 heterocycles. The Bertz CT molecular complexity index is 530. The van der Waals surface area contributed by atoms with Crippen LogP contribution in [0.2, 0.25) is 0 Å². The number of aliphatic hydroxyl groups is 1. The summed E-state index contributed by atoms with van der Waals surface area (Å²) >= 11 is 0. The molecule has 0 atom stereocenters. The SMILES string of the molecule is NC(=O)c1ccc(NS(=O)(=O)CCO)c(F)c1. The van der Waals surface area contributed by atoms with Crippen molar-refractivity contribution in [1.29, 1.82) is 0 Å². The first-order valence-electron chi connectivity index (χ1n) is 4.56. The molecule has 8 heteroatoms. The molecule has 0 saturated carbocycles. The second-order valence-corrected chi connectivity index (χ2v) is 5.05. The summed E-state index contributed by atoms with van der Waals surface area (Å²) in [5.41, 5.74) is 4.57. The molecule has 0 aliphatic carbocycles. The van der Waals surface area contributed by atoms with Gasteiger partial charge in [0.25, 0.3) is 0 Å². The Labute approximate surface area is 97.3 Å². The van der Waals surface area contributed by atoms with E-state index in [1.807, 2.05) is 4.72 Å². The van der Waals surface area contributed by atoms with Crippen LogP contribution in [0.5, 0.6) is 0 Å². The van der Waals surface area contributed by atoms with Crippen LogP contribution >= 0.6 is 0 Å². The van der Waals surface area contributed by atoms with E-state index in [1.54, 1.807) is 0 Å². The molecule has 17 heavy (non-hydrogen) atoms. The van der Waals surface area contributed by atoms with Crippen molar-refractivity contribution < 1.29 is 22.7 Å². The number of hydrogen-bond donors (Lipinski definition) is 3. The highest BCUT2D eigenvalue weighted by Crippen LogP contribution is 2.16. The van der Waals surface area contributed by atoms with Crippen molar-refractivity contribution in [2.75, 3.05) is 17.1 Å². The molecule has 0 aromatic heterocycles. The predicted molar refractivity (Wildman–Crippen MR) is 59.4 cm³/mol. The largest absolute Gasteiger partial charge is 0.395 e. The van der Waals surface area contributed by atoms with E-state index in [2.05, 4.69) is 0 Å². The highest BCUT2D eigenvalue weighted by Gasteiger charge is 2.13.